The van der Waals surface area contributed by atoms with Crippen LogP contribution >= 0.6 is 0 Å². The zero-order chi connectivity index (χ0) is 24.6. The van der Waals surface area contributed by atoms with Crippen LogP contribution in [0.2, 0.25) is 0 Å². The molecule has 0 radical (unpaired) electrons. The van der Waals surface area contributed by atoms with Gasteiger partial charge in [-0.25, -0.2) is 13.8 Å². The molecule has 178 valence electrons. The topological polar surface area (TPSA) is 97.3 Å². The van der Waals surface area contributed by atoms with Gasteiger partial charge in [-0.1, -0.05) is 43.3 Å². The van der Waals surface area contributed by atoms with Crippen LogP contribution in [0.4, 0.5) is 5.69 Å². The van der Waals surface area contributed by atoms with Crippen LogP contribution in [0.15, 0.2) is 82.8 Å². The van der Waals surface area contributed by atoms with Crippen molar-refractivity contribution < 1.29 is 22.7 Å². The van der Waals surface area contributed by atoms with Crippen LogP contribution in [0, 0.1) is 0 Å². The van der Waals surface area contributed by atoms with Gasteiger partial charge in [0.15, 0.2) is 0 Å². The largest absolute Gasteiger partial charge is 0.496 e. The predicted octanol–water partition coefficient (Wildman–Crippen LogP) is 3.61. The number of hydrogen-bond acceptors (Lipinski definition) is 6. The zero-order valence-electron chi connectivity index (χ0n) is 19.3. The lowest BCUT2D eigenvalue weighted by Gasteiger charge is -2.23. The van der Waals surface area contributed by atoms with E-state index in [1.165, 1.54) is 18.3 Å². The summed E-state index contributed by atoms with van der Waals surface area (Å²) in [5.74, 6) is 0.699. The molecule has 0 aromatic heterocycles. The Balaban J connectivity index is 1.82. The number of anilines is 1. The highest BCUT2D eigenvalue weighted by Gasteiger charge is 2.26. The van der Waals surface area contributed by atoms with Crippen LogP contribution < -0.4 is 19.2 Å². The van der Waals surface area contributed by atoms with Crippen molar-refractivity contribution in [2.24, 2.45) is 5.10 Å². The molecule has 0 atom stereocenters. The van der Waals surface area contributed by atoms with Crippen LogP contribution in [-0.4, -0.2) is 41.3 Å². The first-order valence-electron chi connectivity index (χ1n) is 10.6. The summed E-state index contributed by atoms with van der Waals surface area (Å²) in [6.45, 7) is 1.53. The number of nitrogens with one attached hydrogen (secondary N) is 1. The normalized spacial score (nSPS) is 11.3. The minimum absolute atomic E-state index is 0.0882. The lowest BCUT2D eigenvalue weighted by Crippen LogP contribution is -2.39. The van der Waals surface area contributed by atoms with Crippen molar-refractivity contribution in [2.45, 2.75) is 18.2 Å². The molecule has 0 spiro atoms. The number of methoxy groups -OCH3 is 2. The minimum atomic E-state index is -3.97. The van der Waals surface area contributed by atoms with E-state index in [-0.39, 0.29) is 4.90 Å². The van der Waals surface area contributed by atoms with Gasteiger partial charge in [-0.15, -0.1) is 0 Å². The third-order valence-corrected chi connectivity index (χ3v) is 6.87. The van der Waals surface area contributed by atoms with Crippen LogP contribution in [0.1, 0.15) is 18.1 Å². The summed E-state index contributed by atoms with van der Waals surface area (Å²) in [5, 5.41) is 4.02. The number of carbonyl (C=O) groups is 1. The number of sulfonamides is 1. The maximum Gasteiger partial charge on any atom is 0.264 e. The fraction of sp³-hybridized carbons (Fsp3) is 0.200. The molecule has 3 aromatic carbocycles. The van der Waals surface area contributed by atoms with Gasteiger partial charge in [-0.05, 0) is 42.8 Å². The fourth-order valence-electron chi connectivity index (χ4n) is 3.47. The molecule has 3 rings (SSSR count). The average Bonchev–Trinajstić information content (AvgIpc) is 2.87. The lowest BCUT2D eigenvalue weighted by atomic mass is 10.1. The average molecular weight is 482 g/mol. The molecule has 0 aliphatic rings. The molecule has 1 amide bonds. The number of benzene rings is 3. The van der Waals surface area contributed by atoms with Crippen molar-refractivity contribution >= 4 is 27.8 Å². The number of carbonyl (C=O) groups excluding carboxylic acids is 1. The van der Waals surface area contributed by atoms with E-state index in [4.69, 9.17) is 9.47 Å². The molecule has 0 heterocycles. The monoisotopic (exact) mass is 481 g/mol. The number of hydrogen-bond donors (Lipinski definition) is 1. The maximum absolute atomic E-state index is 13.3. The van der Waals surface area contributed by atoms with Crippen molar-refractivity contribution in [1.29, 1.82) is 0 Å². The van der Waals surface area contributed by atoms with Gasteiger partial charge in [-0.2, -0.15) is 5.10 Å². The van der Waals surface area contributed by atoms with Crippen molar-refractivity contribution in [3.05, 3.63) is 83.9 Å². The van der Waals surface area contributed by atoms with E-state index < -0.39 is 22.5 Å². The van der Waals surface area contributed by atoms with Gasteiger partial charge in [0, 0.05) is 11.1 Å². The van der Waals surface area contributed by atoms with E-state index in [0.29, 0.717) is 29.2 Å². The quantitative estimate of drug-likeness (QED) is 0.352. The Morgan fingerprint density at radius 2 is 1.62 bits per heavy atom. The van der Waals surface area contributed by atoms with Crippen LogP contribution in [0.5, 0.6) is 11.5 Å². The van der Waals surface area contributed by atoms with Crippen molar-refractivity contribution in [3.63, 3.8) is 0 Å². The summed E-state index contributed by atoms with van der Waals surface area (Å²) in [7, 11) is -0.828. The Labute approximate surface area is 199 Å². The van der Waals surface area contributed by atoms with Crippen LogP contribution in [0.3, 0.4) is 0 Å². The molecular weight excluding hydrogens is 454 g/mol. The molecule has 0 bridgehead atoms. The van der Waals surface area contributed by atoms with E-state index in [9.17, 15) is 13.2 Å². The number of rotatable bonds is 10. The number of hydrazone groups is 1. The standard InChI is InChI=1S/C25H27N3O5S/c1-4-22-23(32-2)16-15-19(25(22)33-3)17-26-27-24(29)18-28(20-11-7-5-8-12-20)34(30,31)21-13-9-6-10-14-21/h5-17H,4,18H2,1-3H3,(H,27,29). The van der Waals surface area contributed by atoms with Gasteiger partial charge in [0.05, 0.1) is 31.0 Å². The zero-order valence-corrected chi connectivity index (χ0v) is 20.1. The Morgan fingerprint density at radius 1 is 0.971 bits per heavy atom. The first kappa shape index (κ1) is 24.8. The molecule has 0 unspecified atom stereocenters. The van der Waals surface area contributed by atoms with Gasteiger partial charge in [0.1, 0.15) is 18.0 Å². The second-order valence-corrected chi connectivity index (χ2v) is 9.04. The third-order valence-electron chi connectivity index (χ3n) is 5.08. The van der Waals surface area contributed by atoms with Gasteiger partial charge in [0.2, 0.25) is 0 Å². The molecular formula is C25H27N3O5S. The minimum Gasteiger partial charge on any atom is -0.496 e. The molecule has 0 fully saturated rings. The molecule has 1 N–H and O–H groups in total. The van der Waals surface area contributed by atoms with E-state index in [2.05, 4.69) is 10.5 Å². The third kappa shape index (κ3) is 5.55. The molecule has 0 saturated carbocycles. The summed E-state index contributed by atoms with van der Waals surface area (Å²) in [6.07, 6.45) is 2.14. The Bertz CT molecular complexity index is 1250. The van der Waals surface area contributed by atoms with Crippen LogP contribution in [0.25, 0.3) is 0 Å². The molecule has 34 heavy (non-hydrogen) atoms. The molecule has 0 aliphatic heterocycles. The van der Waals surface area contributed by atoms with Gasteiger partial charge in [0.25, 0.3) is 15.9 Å². The van der Waals surface area contributed by atoms with E-state index in [1.807, 2.05) is 6.92 Å². The number of para-hydroxylation sites is 1. The highest BCUT2D eigenvalue weighted by molar-refractivity contribution is 7.92. The smallest absolute Gasteiger partial charge is 0.264 e. The Kier molecular flexibility index (Phi) is 8.26. The fourth-order valence-corrected chi connectivity index (χ4v) is 4.91. The molecule has 0 saturated heterocycles. The highest BCUT2D eigenvalue weighted by atomic mass is 32.2. The predicted molar refractivity (Wildman–Crippen MR) is 132 cm³/mol. The second kappa shape index (κ2) is 11.3. The van der Waals surface area contributed by atoms with Crippen molar-refractivity contribution in [2.75, 3.05) is 25.1 Å². The molecule has 8 nitrogen and oxygen atoms in total. The highest BCUT2D eigenvalue weighted by Crippen LogP contribution is 2.31. The molecule has 0 aliphatic carbocycles. The summed E-state index contributed by atoms with van der Waals surface area (Å²) < 4.78 is 38.5. The first-order valence-corrected chi connectivity index (χ1v) is 12.0. The molecule has 9 heteroatoms. The van der Waals surface area contributed by atoms with Crippen LogP contribution in [-0.2, 0) is 21.2 Å². The van der Waals surface area contributed by atoms with E-state index >= 15 is 0 Å². The lowest BCUT2D eigenvalue weighted by molar-refractivity contribution is -0.119. The maximum atomic E-state index is 13.3. The summed E-state index contributed by atoms with van der Waals surface area (Å²) >= 11 is 0. The Morgan fingerprint density at radius 3 is 2.21 bits per heavy atom. The summed E-state index contributed by atoms with van der Waals surface area (Å²) in [5.41, 5.74) is 4.31. The van der Waals surface area contributed by atoms with E-state index in [1.54, 1.807) is 74.9 Å². The van der Waals surface area contributed by atoms with Gasteiger partial charge < -0.3 is 9.47 Å². The van der Waals surface area contributed by atoms with Gasteiger partial charge in [-0.3, -0.25) is 9.10 Å². The Hall–Kier alpha value is -3.85. The van der Waals surface area contributed by atoms with Crippen molar-refractivity contribution in [3.8, 4) is 11.5 Å². The van der Waals surface area contributed by atoms with E-state index in [0.717, 1.165) is 9.87 Å². The first-order chi connectivity index (χ1) is 16.4. The SMILES string of the molecule is CCc1c(OC)ccc(C=NNC(=O)CN(c2ccccc2)S(=O)(=O)c2ccccc2)c1OC. The summed E-state index contributed by atoms with van der Waals surface area (Å²) in [6, 6.07) is 20.0. The number of nitrogens with zero attached hydrogens (tertiary/aromatic N) is 2. The second-order valence-electron chi connectivity index (χ2n) is 7.18. The van der Waals surface area contributed by atoms with Crippen molar-refractivity contribution in [1.82, 2.24) is 5.43 Å². The number of amides is 1. The van der Waals surface area contributed by atoms with Gasteiger partial charge >= 0.3 is 0 Å². The molecule has 3 aromatic rings. The number of ether oxygens (including phenoxy) is 2. The summed E-state index contributed by atoms with van der Waals surface area (Å²) in [4.78, 5) is 12.8.